The Hall–Kier alpha value is -1.51. The maximum atomic E-state index is 10.7. The third-order valence-electron chi connectivity index (χ3n) is 3.68. The Bertz CT molecular complexity index is 573. The molecule has 1 fully saturated rings. The topological polar surface area (TPSA) is 47.9 Å². The van der Waals surface area contributed by atoms with E-state index < -0.39 is 5.54 Å². The Labute approximate surface area is 123 Å². The minimum absolute atomic E-state index is 0.173. The number of hydrogen-bond acceptors (Lipinski definition) is 4. The van der Waals surface area contributed by atoms with Gasteiger partial charge in [-0.2, -0.15) is 4.99 Å². The van der Waals surface area contributed by atoms with E-state index in [0.29, 0.717) is 16.5 Å². The van der Waals surface area contributed by atoms with E-state index in [9.17, 15) is 4.79 Å². The molecule has 0 spiro atoms. The van der Waals surface area contributed by atoms with Gasteiger partial charge in [0.05, 0.1) is 19.2 Å². The zero-order valence-electron chi connectivity index (χ0n) is 12.1. The number of ether oxygens (including phenoxy) is 2. The fourth-order valence-electron chi connectivity index (χ4n) is 2.64. The van der Waals surface area contributed by atoms with Crippen LogP contribution in [-0.4, -0.2) is 20.3 Å². The molecule has 1 saturated carbocycles. The average molecular weight is 296 g/mol. The number of hydrogen-bond donors (Lipinski definition) is 0. The molecule has 0 atom stereocenters. The van der Waals surface area contributed by atoms with E-state index in [0.717, 1.165) is 24.0 Å². The number of nitrogens with zero attached hydrogens (tertiary/aromatic N) is 1. The summed E-state index contributed by atoms with van der Waals surface area (Å²) in [6.45, 7) is 4.11. The molecule has 0 N–H and O–H groups in total. The highest BCUT2D eigenvalue weighted by Gasteiger charge is 2.49. The summed E-state index contributed by atoms with van der Waals surface area (Å²) in [5, 5.41) is 0.558. The van der Waals surface area contributed by atoms with Gasteiger partial charge in [0.15, 0.2) is 11.5 Å². The zero-order chi connectivity index (χ0) is 14.9. The van der Waals surface area contributed by atoms with E-state index in [2.05, 4.69) is 18.8 Å². The van der Waals surface area contributed by atoms with Gasteiger partial charge in [-0.05, 0) is 18.8 Å². The maximum absolute atomic E-state index is 10.7. The molecule has 0 heterocycles. The van der Waals surface area contributed by atoms with Crippen molar-refractivity contribution in [2.45, 2.75) is 38.1 Å². The fraction of sp³-hybridized carbons (Fsp3) is 0.533. The smallest absolute Gasteiger partial charge is 0.235 e. The van der Waals surface area contributed by atoms with Gasteiger partial charge in [-0.15, -0.1) is 0 Å². The first-order valence-electron chi connectivity index (χ1n) is 6.54. The highest BCUT2D eigenvalue weighted by atomic mass is 35.5. The summed E-state index contributed by atoms with van der Waals surface area (Å²) in [6.07, 6.45) is 3.28. The van der Waals surface area contributed by atoms with Crippen molar-refractivity contribution in [3.63, 3.8) is 0 Å². The van der Waals surface area contributed by atoms with Crippen molar-refractivity contribution in [3.8, 4) is 11.5 Å². The van der Waals surface area contributed by atoms with Gasteiger partial charge in [0.1, 0.15) is 5.54 Å². The van der Waals surface area contributed by atoms with Crippen LogP contribution in [0.5, 0.6) is 11.5 Å². The van der Waals surface area contributed by atoms with Crippen LogP contribution >= 0.6 is 11.6 Å². The van der Waals surface area contributed by atoms with Crippen molar-refractivity contribution in [2.24, 2.45) is 4.99 Å². The molecule has 2 rings (SSSR count). The SMILES string of the molecule is COc1cc(Cl)c(C2(N=C=O)CC2)c(C(C)C)c1OC. The predicted molar refractivity (Wildman–Crippen MR) is 77.7 cm³/mol. The van der Waals surface area contributed by atoms with E-state index in [1.165, 1.54) is 0 Å². The molecule has 0 radical (unpaired) electrons. The minimum Gasteiger partial charge on any atom is -0.493 e. The highest BCUT2D eigenvalue weighted by molar-refractivity contribution is 6.32. The van der Waals surface area contributed by atoms with Crippen LogP contribution in [0.4, 0.5) is 0 Å². The second kappa shape index (κ2) is 5.47. The van der Waals surface area contributed by atoms with E-state index in [4.69, 9.17) is 21.1 Å². The van der Waals surface area contributed by atoms with Crippen LogP contribution in [0.15, 0.2) is 11.1 Å². The molecule has 1 aliphatic rings. The first-order chi connectivity index (χ1) is 9.50. The van der Waals surface area contributed by atoms with Gasteiger partial charge in [-0.1, -0.05) is 25.4 Å². The standard InChI is InChI=1S/C15H18ClNO3/c1-9(2)12-13(15(5-6-15)17-8-18)10(16)7-11(19-3)14(12)20-4/h7,9H,5-6H2,1-4H3. The average Bonchev–Trinajstić information content (AvgIpc) is 3.17. The van der Waals surface area contributed by atoms with Crippen LogP contribution in [0.25, 0.3) is 0 Å². The number of isocyanates is 1. The van der Waals surface area contributed by atoms with E-state index >= 15 is 0 Å². The zero-order valence-corrected chi connectivity index (χ0v) is 12.9. The van der Waals surface area contributed by atoms with Crippen molar-refractivity contribution >= 4 is 17.7 Å². The van der Waals surface area contributed by atoms with Crippen LogP contribution in [0.3, 0.4) is 0 Å². The number of methoxy groups -OCH3 is 2. The lowest BCUT2D eigenvalue weighted by Gasteiger charge is -2.23. The van der Waals surface area contributed by atoms with Crippen LogP contribution in [0.1, 0.15) is 43.7 Å². The Morgan fingerprint density at radius 2 is 2.00 bits per heavy atom. The molecule has 20 heavy (non-hydrogen) atoms. The maximum Gasteiger partial charge on any atom is 0.235 e. The number of rotatable bonds is 5. The van der Waals surface area contributed by atoms with E-state index in [-0.39, 0.29) is 5.92 Å². The third kappa shape index (κ3) is 2.30. The number of halogens is 1. The molecule has 1 aromatic rings. The first-order valence-corrected chi connectivity index (χ1v) is 6.92. The van der Waals surface area contributed by atoms with Crippen LogP contribution in [0, 0.1) is 0 Å². The normalized spacial score (nSPS) is 15.7. The van der Waals surface area contributed by atoms with Gasteiger partial charge in [0, 0.05) is 17.2 Å². The molecule has 0 amide bonds. The van der Waals surface area contributed by atoms with Crippen molar-refractivity contribution in [2.75, 3.05) is 14.2 Å². The quantitative estimate of drug-likeness (QED) is 0.613. The molecule has 0 aromatic heterocycles. The monoisotopic (exact) mass is 295 g/mol. The molecule has 0 unspecified atom stereocenters. The molecular weight excluding hydrogens is 278 g/mol. The van der Waals surface area contributed by atoms with Crippen LogP contribution in [-0.2, 0) is 10.3 Å². The fourth-order valence-corrected chi connectivity index (χ4v) is 3.01. The largest absolute Gasteiger partial charge is 0.493 e. The second-order valence-corrected chi connectivity index (χ2v) is 5.68. The summed E-state index contributed by atoms with van der Waals surface area (Å²) in [7, 11) is 3.18. The molecule has 108 valence electrons. The van der Waals surface area contributed by atoms with Crippen molar-refractivity contribution in [1.29, 1.82) is 0 Å². The van der Waals surface area contributed by atoms with Crippen molar-refractivity contribution < 1.29 is 14.3 Å². The van der Waals surface area contributed by atoms with Gasteiger partial charge < -0.3 is 9.47 Å². The summed E-state index contributed by atoms with van der Waals surface area (Å²) >= 11 is 6.42. The van der Waals surface area contributed by atoms with Crippen molar-refractivity contribution in [1.82, 2.24) is 0 Å². The summed E-state index contributed by atoms with van der Waals surface area (Å²) in [5.74, 6) is 1.43. The van der Waals surface area contributed by atoms with Gasteiger partial charge in [-0.25, -0.2) is 4.79 Å². The van der Waals surface area contributed by atoms with E-state index in [1.54, 1.807) is 26.4 Å². The molecule has 1 aliphatic carbocycles. The summed E-state index contributed by atoms with van der Waals surface area (Å²) in [5.41, 5.74) is 1.29. The molecule has 4 nitrogen and oxygen atoms in total. The Morgan fingerprint density at radius 3 is 2.40 bits per heavy atom. The third-order valence-corrected chi connectivity index (χ3v) is 3.98. The molecule has 5 heteroatoms. The molecular formula is C15H18ClNO3. The number of aliphatic imine (C=N–C) groups is 1. The second-order valence-electron chi connectivity index (χ2n) is 5.27. The Balaban J connectivity index is 2.76. The molecule has 0 saturated heterocycles. The van der Waals surface area contributed by atoms with Gasteiger partial charge in [-0.3, -0.25) is 0 Å². The van der Waals surface area contributed by atoms with Gasteiger partial charge >= 0.3 is 0 Å². The molecule has 1 aromatic carbocycles. The summed E-state index contributed by atoms with van der Waals surface area (Å²) in [6, 6.07) is 1.72. The molecule has 0 aliphatic heterocycles. The van der Waals surface area contributed by atoms with Crippen molar-refractivity contribution in [3.05, 3.63) is 22.2 Å². The summed E-state index contributed by atoms with van der Waals surface area (Å²) < 4.78 is 10.8. The highest BCUT2D eigenvalue weighted by Crippen LogP contribution is 2.56. The summed E-state index contributed by atoms with van der Waals surface area (Å²) in [4.78, 5) is 14.7. The lowest BCUT2D eigenvalue weighted by Crippen LogP contribution is -2.11. The lowest BCUT2D eigenvalue weighted by molar-refractivity contribution is 0.349. The van der Waals surface area contributed by atoms with Crippen LogP contribution < -0.4 is 9.47 Å². The Kier molecular flexibility index (Phi) is 4.07. The van der Waals surface area contributed by atoms with Gasteiger partial charge in [0.25, 0.3) is 0 Å². The van der Waals surface area contributed by atoms with Crippen LogP contribution in [0.2, 0.25) is 5.02 Å². The minimum atomic E-state index is -0.530. The van der Waals surface area contributed by atoms with E-state index in [1.807, 2.05) is 0 Å². The number of carbonyl (C=O) groups excluding carboxylic acids is 1. The number of benzene rings is 1. The lowest BCUT2D eigenvalue weighted by atomic mass is 9.90. The Morgan fingerprint density at radius 1 is 1.35 bits per heavy atom. The molecule has 0 bridgehead atoms. The van der Waals surface area contributed by atoms with Gasteiger partial charge in [0.2, 0.25) is 6.08 Å². The predicted octanol–water partition coefficient (Wildman–Crippen LogP) is 3.81. The first kappa shape index (κ1) is 14.9.